The van der Waals surface area contributed by atoms with E-state index < -0.39 is 43.2 Å². The summed E-state index contributed by atoms with van der Waals surface area (Å²) in [5, 5.41) is 39.8. The topological polar surface area (TPSA) is 119 Å². The van der Waals surface area contributed by atoms with Crippen LogP contribution in [0.4, 0.5) is 0 Å². The van der Waals surface area contributed by atoms with E-state index in [9.17, 15) is 20.1 Å². The van der Waals surface area contributed by atoms with Gasteiger partial charge in [-0.2, -0.15) is 0 Å². The zero-order valence-electron chi connectivity index (χ0n) is 8.98. The molecule has 1 aliphatic heterocycles. The van der Waals surface area contributed by atoms with Gasteiger partial charge < -0.3 is 30.5 Å². The third-order valence-corrected chi connectivity index (χ3v) is 2.49. The van der Waals surface area contributed by atoms with Gasteiger partial charge in [-0.05, 0) is 0 Å². The van der Waals surface area contributed by atoms with Crippen molar-refractivity contribution in [2.24, 2.45) is 0 Å². The second-order valence-electron chi connectivity index (χ2n) is 3.70. The van der Waals surface area contributed by atoms with Crippen molar-refractivity contribution in [1.82, 2.24) is 5.32 Å². The highest BCUT2D eigenvalue weighted by Crippen LogP contribution is 2.19. The van der Waals surface area contributed by atoms with Crippen LogP contribution in [0, 0.1) is 12.3 Å². The Balaban J connectivity index is 2.67. The molecule has 7 heteroatoms. The molecule has 0 aromatic carbocycles. The molecular formula is C10H15NO6. The molecule has 0 saturated carbocycles. The van der Waals surface area contributed by atoms with Gasteiger partial charge in [0, 0.05) is 0 Å². The summed E-state index contributed by atoms with van der Waals surface area (Å²) in [5.41, 5.74) is 0. The fourth-order valence-corrected chi connectivity index (χ4v) is 1.58. The molecule has 1 aliphatic rings. The first-order valence-electron chi connectivity index (χ1n) is 5.04. The standard InChI is InChI=1S/C10H15NO6/c1-2-3-6(13)11-7-9(15)8(14)5(4-12)17-10(7)16/h1,5,7-10,12,14-16H,3-4H2,(H,11,13)/t5-,7+,8-,9-,10?/m1/s1. The molecule has 17 heavy (non-hydrogen) atoms. The summed E-state index contributed by atoms with van der Waals surface area (Å²) in [5.74, 6) is 1.52. The normalized spacial score (nSPS) is 37.2. The summed E-state index contributed by atoms with van der Waals surface area (Å²) in [7, 11) is 0. The molecule has 0 aromatic rings. The number of hydrogen-bond donors (Lipinski definition) is 5. The van der Waals surface area contributed by atoms with E-state index in [0.29, 0.717) is 0 Å². The lowest BCUT2D eigenvalue weighted by Crippen LogP contribution is -2.64. The average Bonchev–Trinajstić information content (AvgIpc) is 2.29. The molecule has 5 N–H and O–H groups in total. The van der Waals surface area contributed by atoms with Gasteiger partial charge in [0.05, 0.1) is 13.0 Å². The molecule has 0 aromatic heterocycles. The molecule has 0 bridgehead atoms. The van der Waals surface area contributed by atoms with Crippen molar-refractivity contribution in [3.8, 4) is 12.3 Å². The molecular weight excluding hydrogens is 230 g/mol. The van der Waals surface area contributed by atoms with Gasteiger partial charge in [0.1, 0.15) is 24.4 Å². The van der Waals surface area contributed by atoms with E-state index in [-0.39, 0.29) is 6.42 Å². The summed E-state index contributed by atoms with van der Waals surface area (Å²) < 4.78 is 4.84. The molecule has 1 rings (SSSR count). The number of amides is 1. The van der Waals surface area contributed by atoms with Crippen molar-refractivity contribution in [3.05, 3.63) is 0 Å². The number of hydrogen-bond acceptors (Lipinski definition) is 6. The highest BCUT2D eigenvalue weighted by atomic mass is 16.6. The summed E-state index contributed by atoms with van der Waals surface area (Å²) in [6.45, 7) is -0.555. The predicted molar refractivity (Wildman–Crippen MR) is 55.4 cm³/mol. The summed E-state index contributed by atoms with van der Waals surface area (Å²) in [6, 6.07) is -1.19. The van der Waals surface area contributed by atoms with Crippen LogP contribution in [0.5, 0.6) is 0 Å². The number of carbonyl (C=O) groups is 1. The Hall–Kier alpha value is -1.17. The van der Waals surface area contributed by atoms with Crippen LogP contribution in [-0.2, 0) is 9.53 Å². The Kier molecular flexibility index (Phi) is 4.86. The SMILES string of the molecule is C#CCC(=O)N[C@@H]1C(O)O[C@H](CO)[C@@H](O)[C@@H]1O. The van der Waals surface area contributed by atoms with Crippen LogP contribution in [0.2, 0.25) is 0 Å². The number of carbonyl (C=O) groups excluding carboxylic acids is 1. The third-order valence-electron chi connectivity index (χ3n) is 2.49. The Morgan fingerprint density at radius 3 is 2.53 bits per heavy atom. The lowest BCUT2D eigenvalue weighted by molar-refractivity contribution is -0.253. The zero-order chi connectivity index (χ0) is 13.0. The van der Waals surface area contributed by atoms with Gasteiger partial charge in [-0.15, -0.1) is 6.42 Å². The summed E-state index contributed by atoms with van der Waals surface area (Å²) >= 11 is 0. The fraction of sp³-hybridized carbons (Fsp3) is 0.700. The van der Waals surface area contributed by atoms with E-state index in [1.165, 1.54) is 0 Å². The summed E-state index contributed by atoms with van der Waals surface area (Å²) in [4.78, 5) is 11.2. The fourth-order valence-electron chi connectivity index (χ4n) is 1.58. The maximum atomic E-state index is 11.2. The van der Waals surface area contributed by atoms with Crippen LogP contribution in [-0.4, -0.2) is 63.6 Å². The van der Waals surface area contributed by atoms with Gasteiger partial charge in [-0.3, -0.25) is 4.79 Å². The van der Waals surface area contributed by atoms with E-state index in [1.807, 2.05) is 0 Å². The Morgan fingerprint density at radius 2 is 2.00 bits per heavy atom. The maximum Gasteiger partial charge on any atom is 0.232 e. The maximum absolute atomic E-state index is 11.2. The first kappa shape index (κ1) is 13.9. The average molecular weight is 245 g/mol. The minimum Gasteiger partial charge on any atom is -0.394 e. The minimum absolute atomic E-state index is 0.213. The van der Waals surface area contributed by atoms with E-state index >= 15 is 0 Å². The number of rotatable bonds is 3. The quantitative estimate of drug-likeness (QED) is 0.336. The van der Waals surface area contributed by atoms with Crippen LogP contribution >= 0.6 is 0 Å². The lowest BCUT2D eigenvalue weighted by Gasteiger charge is -2.40. The largest absolute Gasteiger partial charge is 0.394 e. The molecule has 96 valence electrons. The van der Waals surface area contributed by atoms with Crippen LogP contribution in [0.15, 0.2) is 0 Å². The second kappa shape index (κ2) is 5.95. The Labute approximate surface area is 98.0 Å². The Morgan fingerprint density at radius 1 is 1.35 bits per heavy atom. The second-order valence-corrected chi connectivity index (χ2v) is 3.70. The van der Waals surface area contributed by atoms with E-state index in [4.69, 9.17) is 16.3 Å². The van der Waals surface area contributed by atoms with Crippen LogP contribution in [0.3, 0.4) is 0 Å². The molecule has 1 heterocycles. The number of nitrogens with one attached hydrogen (secondary N) is 1. The van der Waals surface area contributed by atoms with Crippen LogP contribution < -0.4 is 5.32 Å². The van der Waals surface area contributed by atoms with Crippen LogP contribution in [0.1, 0.15) is 6.42 Å². The van der Waals surface area contributed by atoms with Crippen molar-refractivity contribution < 1.29 is 30.0 Å². The van der Waals surface area contributed by atoms with E-state index in [0.717, 1.165) is 0 Å². The number of ether oxygens (including phenoxy) is 1. The minimum atomic E-state index is -1.52. The first-order valence-corrected chi connectivity index (χ1v) is 5.04. The molecule has 1 saturated heterocycles. The van der Waals surface area contributed by atoms with Crippen molar-refractivity contribution in [2.45, 2.75) is 37.1 Å². The number of aliphatic hydroxyl groups excluding tert-OH is 4. The molecule has 7 nitrogen and oxygen atoms in total. The smallest absolute Gasteiger partial charge is 0.232 e. The lowest BCUT2D eigenvalue weighted by atomic mass is 9.97. The van der Waals surface area contributed by atoms with Crippen molar-refractivity contribution >= 4 is 5.91 Å². The molecule has 0 radical (unpaired) electrons. The van der Waals surface area contributed by atoms with E-state index in [1.54, 1.807) is 0 Å². The molecule has 0 spiro atoms. The highest BCUT2D eigenvalue weighted by molar-refractivity contribution is 5.78. The van der Waals surface area contributed by atoms with Gasteiger partial charge in [0.25, 0.3) is 0 Å². The van der Waals surface area contributed by atoms with Gasteiger partial charge >= 0.3 is 0 Å². The van der Waals surface area contributed by atoms with Crippen LogP contribution in [0.25, 0.3) is 0 Å². The number of aliphatic hydroxyl groups is 4. The summed E-state index contributed by atoms with van der Waals surface area (Å²) in [6.07, 6.45) is -0.755. The monoisotopic (exact) mass is 245 g/mol. The van der Waals surface area contributed by atoms with Gasteiger partial charge in [-0.1, -0.05) is 5.92 Å². The van der Waals surface area contributed by atoms with Crippen molar-refractivity contribution in [1.29, 1.82) is 0 Å². The molecule has 1 unspecified atom stereocenters. The van der Waals surface area contributed by atoms with Gasteiger partial charge in [-0.25, -0.2) is 0 Å². The van der Waals surface area contributed by atoms with Crippen molar-refractivity contribution in [2.75, 3.05) is 6.61 Å². The number of terminal acetylenes is 1. The zero-order valence-corrected chi connectivity index (χ0v) is 8.98. The third kappa shape index (κ3) is 3.15. The van der Waals surface area contributed by atoms with Crippen molar-refractivity contribution in [3.63, 3.8) is 0 Å². The van der Waals surface area contributed by atoms with Gasteiger partial charge in [0.2, 0.25) is 5.91 Å². The molecule has 1 fully saturated rings. The molecule has 1 amide bonds. The Bertz CT molecular complexity index is 314. The predicted octanol–water partition coefficient (Wildman–Crippen LogP) is -3.07. The molecule has 5 atom stereocenters. The molecule has 0 aliphatic carbocycles. The highest BCUT2D eigenvalue weighted by Gasteiger charge is 2.44. The first-order chi connectivity index (χ1) is 8.01. The van der Waals surface area contributed by atoms with E-state index in [2.05, 4.69) is 11.2 Å². The van der Waals surface area contributed by atoms with Gasteiger partial charge in [0.15, 0.2) is 6.29 Å².